The number of anilines is 1. The van der Waals surface area contributed by atoms with Gasteiger partial charge >= 0.3 is 5.97 Å². The number of amides is 1. The fourth-order valence-corrected chi connectivity index (χ4v) is 1.71. The van der Waals surface area contributed by atoms with E-state index in [0.717, 1.165) is 5.69 Å². The lowest BCUT2D eigenvalue weighted by Gasteiger charge is -2.13. The number of carbonyl (C=O) groups is 2. The predicted octanol–water partition coefficient (Wildman–Crippen LogP) is 1.29. The first-order chi connectivity index (χ1) is 10.1. The number of nitrogens with one attached hydrogen (secondary N) is 2. The highest BCUT2D eigenvalue weighted by molar-refractivity contribution is 5.81. The number of nitrogens with zero attached hydrogens (tertiary/aromatic N) is 1. The molecule has 1 amide bonds. The van der Waals surface area contributed by atoms with Gasteiger partial charge in [0.15, 0.2) is 0 Å². The summed E-state index contributed by atoms with van der Waals surface area (Å²) < 4.78 is 4.65. The Balaban J connectivity index is 2.36. The van der Waals surface area contributed by atoms with Crippen molar-refractivity contribution in [2.45, 2.75) is 13.3 Å². The van der Waals surface area contributed by atoms with Gasteiger partial charge in [0, 0.05) is 12.2 Å². The summed E-state index contributed by atoms with van der Waals surface area (Å²) >= 11 is 0. The minimum absolute atomic E-state index is 0.101. The summed E-state index contributed by atoms with van der Waals surface area (Å²) in [5.41, 5.74) is 1.32. The maximum Gasteiger partial charge on any atom is 0.310 e. The summed E-state index contributed by atoms with van der Waals surface area (Å²) in [5.74, 6) is -0.853. The molecule has 6 heteroatoms. The molecule has 0 radical (unpaired) electrons. The number of methoxy groups -OCH3 is 1. The average molecular weight is 289 g/mol. The monoisotopic (exact) mass is 289 g/mol. The second kappa shape index (κ2) is 8.59. The number of hydrogen-bond acceptors (Lipinski definition) is 5. The van der Waals surface area contributed by atoms with Crippen LogP contribution in [0.5, 0.6) is 0 Å². The van der Waals surface area contributed by atoms with Crippen molar-refractivity contribution in [1.29, 1.82) is 5.26 Å². The molecule has 2 N–H and O–H groups in total. The van der Waals surface area contributed by atoms with Gasteiger partial charge in [-0.15, -0.1) is 0 Å². The molecule has 0 spiro atoms. The molecule has 0 saturated heterocycles. The van der Waals surface area contributed by atoms with Crippen molar-refractivity contribution >= 4 is 17.6 Å². The fourth-order valence-electron chi connectivity index (χ4n) is 1.71. The van der Waals surface area contributed by atoms with Crippen LogP contribution in [0.2, 0.25) is 0 Å². The van der Waals surface area contributed by atoms with E-state index in [1.165, 1.54) is 7.11 Å². The zero-order valence-corrected chi connectivity index (χ0v) is 12.2. The largest absolute Gasteiger partial charge is 0.469 e. The summed E-state index contributed by atoms with van der Waals surface area (Å²) in [4.78, 5) is 23.1. The van der Waals surface area contributed by atoms with Crippen molar-refractivity contribution in [2.75, 3.05) is 25.5 Å². The molecule has 6 nitrogen and oxygen atoms in total. The van der Waals surface area contributed by atoms with E-state index < -0.39 is 0 Å². The maximum absolute atomic E-state index is 11.7. The van der Waals surface area contributed by atoms with Crippen LogP contribution in [0.1, 0.15) is 18.9 Å². The second-order valence-electron chi connectivity index (χ2n) is 4.48. The highest BCUT2D eigenvalue weighted by atomic mass is 16.5. The van der Waals surface area contributed by atoms with Crippen molar-refractivity contribution in [3.63, 3.8) is 0 Å². The molecule has 1 atom stereocenters. The van der Waals surface area contributed by atoms with E-state index in [4.69, 9.17) is 5.26 Å². The van der Waals surface area contributed by atoms with E-state index in [1.54, 1.807) is 24.3 Å². The number of hydrogen-bond donors (Lipinski definition) is 2. The Kier molecular flexibility index (Phi) is 6.75. The number of esters is 1. The standard InChI is InChI=1S/C15H19N3O3/c1-3-12(15(20)21-2)9-18-14(19)10-17-13-6-4-11(8-16)5-7-13/h4-7,12,17H,3,9-10H2,1-2H3,(H,18,19). The quantitative estimate of drug-likeness (QED) is 0.738. The molecular formula is C15H19N3O3. The first kappa shape index (κ1) is 16.5. The summed E-state index contributed by atoms with van der Waals surface area (Å²) in [7, 11) is 1.33. The Hall–Kier alpha value is -2.55. The molecular weight excluding hydrogens is 270 g/mol. The number of carbonyl (C=O) groups excluding carboxylic acids is 2. The zero-order valence-electron chi connectivity index (χ0n) is 12.2. The molecule has 0 aromatic heterocycles. The molecule has 1 rings (SSSR count). The Morgan fingerprint density at radius 3 is 2.52 bits per heavy atom. The van der Waals surface area contributed by atoms with Gasteiger partial charge in [-0.25, -0.2) is 0 Å². The molecule has 1 aromatic rings. The van der Waals surface area contributed by atoms with Gasteiger partial charge < -0.3 is 15.4 Å². The minimum Gasteiger partial charge on any atom is -0.469 e. The lowest BCUT2D eigenvalue weighted by atomic mass is 10.1. The zero-order chi connectivity index (χ0) is 15.7. The van der Waals surface area contributed by atoms with E-state index in [9.17, 15) is 9.59 Å². The van der Waals surface area contributed by atoms with Gasteiger partial charge in [-0.05, 0) is 30.7 Å². The van der Waals surface area contributed by atoms with Gasteiger partial charge in [-0.1, -0.05) is 6.92 Å². The summed E-state index contributed by atoms with van der Waals surface area (Å²) in [6.45, 7) is 2.23. The molecule has 0 heterocycles. The third-order valence-corrected chi connectivity index (χ3v) is 3.04. The van der Waals surface area contributed by atoms with Crippen LogP contribution in [0.15, 0.2) is 24.3 Å². The molecule has 1 unspecified atom stereocenters. The molecule has 0 bridgehead atoms. The van der Waals surface area contributed by atoms with Gasteiger partial charge in [0.2, 0.25) is 5.91 Å². The highest BCUT2D eigenvalue weighted by Gasteiger charge is 2.17. The number of ether oxygens (including phenoxy) is 1. The fraction of sp³-hybridized carbons (Fsp3) is 0.400. The third-order valence-electron chi connectivity index (χ3n) is 3.04. The van der Waals surface area contributed by atoms with Crippen molar-refractivity contribution in [2.24, 2.45) is 5.92 Å². The van der Waals surface area contributed by atoms with Crippen LogP contribution < -0.4 is 10.6 Å². The van der Waals surface area contributed by atoms with Crippen LogP contribution in [0.4, 0.5) is 5.69 Å². The smallest absolute Gasteiger partial charge is 0.310 e. The van der Waals surface area contributed by atoms with E-state index >= 15 is 0 Å². The predicted molar refractivity (Wildman–Crippen MR) is 78.5 cm³/mol. The Bertz CT molecular complexity index is 520. The normalized spacial score (nSPS) is 11.1. The number of nitriles is 1. The van der Waals surface area contributed by atoms with Crippen molar-refractivity contribution in [3.05, 3.63) is 29.8 Å². The average Bonchev–Trinajstić information content (AvgIpc) is 2.53. The molecule has 21 heavy (non-hydrogen) atoms. The van der Waals surface area contributed by atoms with Crippen molar-refractivity contribution in [1.82, 2.24) is 5.32 Å². The van der Waals surface area contributed by atoms with Crippen LogP contribution >= 0.6 is 0 Å². The Morgan fingerprint density at radius 2 is 2.00 bits per heavy atom. The van der Waals surface area contributed by atoms with Gasteiger partial charge in [0.05, 0.1) is 31.2 Å². The molecule has 0 aliphatic heterocycles. The number of rotatable bonds is 7. The minimum atomic E-state index is -0.325. The summed E-state index contributed by atoms with van der Waals surface area (Å²) in [6.07, 6.45) is 0.607. The van der Waals surface area contributed by atoms with Crippen LogP contribution in [-0.2, 0) is 14.3 Å². The van der Waals surface area contributed by atoms with Gasteiger partial charge in [0.25, 0.3) is 0 Å². The molecule has 1 aromatic carbocycles. The summed E-state index contributed by atoms with van der Waals surface area (Å²) in [5, 5.41) is 14.3. The molecule has 0 fully saturated rings. The van der Waals surface area contributed by atoms with Crippen LogP contribution in [0, 0.1) is 17.2 Å². The third kappa shape index (κ3) is 5.53. The van der Waals surface area contributed by atoms with Gasteiger partial charge in [0.1, 0.15) is 0 Å². The first-order valence-corrected chi connectivity index (χ1v) is 6.69. The van der Waals surface area contributed by atoms with Crippen molar-refractivity contribution in [3.8, 4) is 6.07 Å². The Labute approximate surface area is 124 Å². The lowest BCUT2D eigenvalue weighted by molar-refractivity contribution is -0.145. The molecule has 0 aliphatic rings. The topological polar surface area (TPSA) is 91.2 Å². The van der Waals surface area contributed by atoms with Gasteiger partial charge in [-0.3, -0.25) is 9.59 Å². The van der Waals surface area contributed by atoms with E-state index in [0.29, 0.717) is 12.0 Å². The van der Waals surface area contributed by atoms with E-state index in [2.05, 4.69) is 15.4 Å². The molecule has 0 saturated carbocycles. The highest BCUT2D eigenvalue weighted by Crippen LogP contribution is 2.08. The van der Waals surface area contributed by atoms with E-state index in [1.807, 2.05) is 13.0 Å². The molecule has 0 aliphatic carbocycles. The Morgan fingerprint density at radius 1 is 1.33 bits per heavy atom. The van der Waals surface area contributed by atoms with Crippen LogP contribution in [0.25, 0.3) is 0 Å². The summed E-state index contributed by atoms with van der Waals surface area (Å²) in [6, 6.07) is 8.83. The lowest BCUT2D eigenvalue weighted by Crippen LogP contribution is -2.36. The SMILES string of the molecule is CCC(CNC(=O)CNc1ccc(C#N)cc1)C(=O)OC. The molecule has 112 valence electrons. The second-order valence-corrected chi connectivity index (χ2v) is 4.48. The first-order valence-electron chi connectivity index (χ1n) is 6.69. The van der Waals surface area contributed by atoms with E-state index in [-0.39, 0.29) is 30.9 Å². The maximum atomic E-state index is 11.7. The van der Waals surface area contributed by atoms with Crippen LogP contribution in [-0.4, -0.2) is 32.1 Å². The number of benzene rings is 1. The van der Waals surface area contributed by atoms with Crippen LogP contribution in [0.3, 0.4) is 0 Å². The van der Waals surface area contributed by atoms with Gasteiger partial charge in [-0.2, -0.15) is 5.26 Å². The van der Waals surface area contributed by atoms with Crippen molar-refractivity contribution < 1.29 is 14.3 Å².